The van der Waals surface area contributed by atoms with Crippen LogP contribution < -0.4 is 5.32 Å². The number of aliphatic hydroxyl groups is 3. The number of aromatic nitrogens is 4. The minimum Gasteiger partial charge on any atom is -0.393 e. The maximum atomic E-state index is 11.3. The molecule has 7 atom stereocenters. The molecule has 1 saturated heterocycles. The van der Waals surface area contributed by atoms with Gasteiger partial charge in [-0.05, 0) is 30.4 Å². The molecule has 0 spiro atoms. The number of hydrogen-bond acceptors (Lipinski definition) is 10. The lowest BCUT2D eigenvalue weighted by Crippen LogP contribution is -2.35. The van der Waals surface area contributed by atoms with Crippen LogP contribution in [0, 0.1) is 5.92 Å². The third-order valence-corrected chi connectivity index (χ3v) is 7.40. The van der Waals surface area contributed by atoms with Crippen LogP contribution in [0.5, 0.6) is 0 Å². The topological polar surface area (TPSA) is 192 Å². The number of anilines is 1. The van der Waals surface area contributed by atoms with E-state index in [1.807, 2.05) is 0 Å². The van der Waals surface area contributed by atoms with Crippen molar-refractivity contribution in [1.29, 1.82) is 0 Å². The van der Waals surface area contributed by atoms with Gasteiger partial charge in [-0.2, -0.15) is 15.1 Å². The van der Waals surface area contributed by atoms with E-state index in [0.717, 1.165) is 19.3 Å². The van der Waals surface area contributed by atoms with Crippen molar-refractivity contribution in [2.75, 3.05) is 18.5 Å². The van der Waals surface area contributed by atoms with Gasteiger partial charge in [-0.1, -0.05) is 13.3 Å². The zero-order valence-corrected chi connectivity index (χ0v) is 19.4. The third-order valence-electron chi connectivity index (χ3n) is 6.17. The molecule has 2 fully saturated rings. The van der Waals surface area contributed by atoms with Crippen LogP contribution in [0.15, 0.2) is 6.20 Å². The largest absolute Gasteiger partial charge is 0.393 e. The normalized spacial score (nSPS) is 31.4. The molecule has 1 aliphatic heterocycles. The molecule has 13 nitrogen and oxygen atoms in total. The molecule has 3 heterocycles. The second kappa shape index (κ2) is 9.68. The van der Waals surface area contributed by atoms with Crippen LogP contribution in [0.2, 0.25) is 5.28 Å². The fourth-order valence-corrected chi connectivity index (χ4v) is 4.92. The van der Waals surface area contributed by atoms with E-state index in [4.69, 9.17) is 26.2 Å². The smallest absolute Gasteiger partial charge is 0.356 e. The van der Waals surface area contributed by atoms with Crippen molar-refractivity contribution < 1.29 is 39.1 Å². The molecule has 0 bridgehead atoms. The Kier molecular flexibility index (Phi) is 7.25. The number of rotatable bonds is 8. The van der Waals surface area contributed by atoms with Gasteiger partial charge >= 0.3 is 7.60 Å². The quantitative estimate of drug-likeness (QED) is 0.210. The van der Waals surface area contributed by atoms with Crippen LogP contribution in [0.3, 0.4) is 0 Å². The first-order valence-corrected chi connectivity index (χ1v) is 12.6. The van der Waals surface area contributed by atoms with Gasteiger partial charge in [-0.3, -0.25) is 4.57 Å². The van der Waals surface area contributed by atoms with Crippen molar-refractivity contribution in [2.45, 2.75) is 62.6 Å². The number of hydrogen-bond donors (Lipinski definition) is 6. The lowest BCUT2D eigenvalue weighted by molar-refractivity contribution is -0.0807. The van der Waals surface area contributed by atoms with Gasteiger partial charge in [-0.15, -0.1) is 0 Å². The standard InChI is InChI=1S/C18H27ClN5O8P/c1-8-3-2-4-10(8)21-15-9-5-20-24(16(9)23-18(19)22-15)17-14(27)13(26)11(32-17)7-31-12(6-25)33(28,29)30/h5,8,10-14,17,25-27H,2-4,6-7H2,1H3,(H,21,22,23)(H2,28,29,30)/t8?,10?,11-,12?,13-,14-,17-/m1/s1. The van der Waals surface area contributed by atoms with Crippen LogP contribution >= 0.6 is 19.2 Å². The maximum absolute atomic E-state index is 11.3. The Balaban J connectivity index is 1.55. The molecule has 0 aromatic carbocycles. The van der Waals surface area contributed by atoms with Crippen molar-refractivity contribution in [3.8, 4) is 0 Å². The summed E-state index contributed by atoms with van der Waals surface area (Å²) in [5.74, 6) is -0.792. The molecule has 2 aromatic heterocycles. The second-order valence-corrected chi connectivity index (χ2v) is 10.5. The van der Waals surface area contributed by atoms with Gasteiger partial charge in [0.1, 0.15) is 24.1 Å². The lowest BCUT2D eigenvalue weighted by Gasteiger charge is -2.20. The number of halogens is 1. The van der Waals surface area contributed by atoms with E-state index in [1.165, 1.54) is 10.9 Å². The number of nitrogens with zero attached hydrogens (tertiary/aromatic N) is 4. The average molecular weight is 508 g/mol. The minimum atomic E-state index is -4.72. The molecule has 1 aliphatic carbocycles. The van der Waals surface area contributed by atoms with Crippen LogP contribution in [0.1, 0.15) is 32.4 Å². The van der Waals surface area contributed by atoms with Crippen molar-refractivity contribution in [3.63, 3.8) is 0 Å². The monoisotopic (exact) mass is 507 g/mol. The summed E-state index contributed by atoms with van der Waals surface area (Å²) in [5, 5.41) is 38.3. The maximum Gasteiger partial charge on any atom is 0.356 e. The van der Waals surface area contributed by atoms with Gasteiger partial charge < -0.3 is 39.9 Å². The molecule has 4 rings (SSSR count). The highest BCUT2D eigenvalue weighted by Gasteiger charge is 2.46. The Morgan fingerprint density at radius 2 is 2.09 bits per heavy atom. The molecule has 1 saturated carbocycles. The van der Waals surface area contributed by atoms with E-state index in [0.29, 0.717) is 17.1 Å². The minimum absolute atomic E-state index is 0.0299. The third kappa shape index (κ3) is 5.02. The summed E-state index contributed by atoms with van der Waals surface area (Å²) in [5.41, 5.74) is 0.282. The van der Waals surface area contributed by atoms with Gasteiger partial charge in [0.25, 0.3) is 0 Å². The Morgan fingerprint density at radius 1 is 1.33 bits per heavy atom. The molecular formula is C18H27ClN5O8P. The predicted molar refractivity (Wildman–Crippen MR) is 116 cm³/mol. The van der Waals surface area contributed by atoms with E-state index >= 15 is 0 Å². The van der Waals surface area contributed by atoms with E-state index in [-0.39, 0.29) is 17.0 Å². The van der Waals surface area contributed by atoms with Crippen molar-refractivity contribution in [2.24, 2.45) is 5.92 Å². The zero-order valence-electron chi connectivity index (χ0n) is 17.7. The van der Waals surface area contributed by atoms with E-state index in [9.17, 15) is 24.6 Å². The Morgan fingerprint density at radius 3 is 2.73 bits per heavy atom. The molecule has 6 N–H and O–H groups in total. The molecule has 2 aromatic rings. The molecule has 33 heavy (non-hydrogen) atoms. The second-order valence-electron chi connectivity index (χ2n) is 8.43. The van der Waals surface area contributed by atoms with Gasteiger partial charge in [0.05, 0.1) is 24.8 Å². The lowest BCUT2D eigenvalue weighted by atomic mass is 10.1. The molecule has 0 radical (unpaired) electrons. The Bertz CT molecular complexity index is 1040. The average Bonchev–Trinajstić information content (AvgIpc) is 3.41. The van der Waals surface area contributed by atoms with Gasteiger partial charge in [0.15, 0.2) is 17.7 Å². The highest BCUT2D eigenvalue weighted by Crippen LogP contribution is 2.42. The van der Waals surface area contributed by atoms with E-state index < -0.39 is 51.2 Å². The fraction of sp³-hybridized carbons (Fsp3) is 0.722. The molecule has 15 heteroatoms. The first-order chi connectivity index (χ1) is 15.6. The first kappa shape index (κ1) is 24.7. The number of nitrogens with one attached hydrogen (secondary N) is 1. The Labute approximate surface area is 193 Å². The van der Waals surface area contributed by atoms with E-state index in [2.05, 4.69) is 27.3 Å². The molecule has 2 aliphatic rings. The zero-order chi connectivity index (χ0) is 23.9. The number of ether oxygens (including phenoxy) is 2. The fourth-order valence-electron chi connectivity index (χ4n) is 4.26. The summed E-state index contributed by atoms with van der Waals surface area (Å²) in [6, 6.07) is 0.229. The first-order valence-electron chi connectivity index (χ1n) is 10.6. The molecule has 0 amide bonds. The summed E-state index contributed by atoms with van der Waals surface area (Å²) in [7, 11) is -4.72. The van der Waals surface area contributed by atoms with Crippen LogP contribution in [-0.2, 0) is 14.0 Å². The summed E-state index contributed by atoms with van der Waals surface area (Å²) in [4.78, 5) is 26.9. The SMILES string of the molecule is CC1CCCC1Nc1nc(Cl)nc2c1cnn2[C@@H]1O[C@H](COC(CO)P(=O)(O)O)[C@@H](O)[C@H]1O. The van der Waals surface area contributed by atoms with Crippen LogP contribution in [0.25, 0.3) is 11.0 Å². The van der Waals surface area contributed by atoms with Gasteiger partial charge in [-0.25, -0.2) is 4.68 Å². The summed E-state index contributed by atoms with van der Waals surface area (Å²) >= 11 is 6.14. The van der Waals surface area contributed by atoms with Crippen LogP contribution in [0.4, 0.5) is 5.82 Å². The predicted octanol–water partition coefficient (Wildman–Crippen LogP) is 0.212. The number of aliphatic hydroxyl groups excluding tert-OH is 3. The Hall–Kier alpha value is -1.41. The number of fused-ring (bicyclic) bond motifs is 1. The highest BCUT2D eigenvalue weighted by atomic mass is 35.5. The van der Waals surface area contributed by atoms with Crippen molar-refractivity contribution in [3.05, 3.63) is 11.5 Å². The van der Waals surface area contributed by atoms with Gasteiger partial charge in [0.2, 0.25) is 5.28 Å². The van der Waals surface area contributed by atoms with Crippen molar-refractivity contribution >= 4 is 36.0 Å². The molecule has 3 unspecified atom stereocenters. The van der Waals surface area contributed by atoms with Crippen molar-refractivity contribution in [1.82, 2.24) is 19.7 Å². The van der Waals surface area contributed by atoms with E-state index in [1.54, 1.807) is 0 Å². The highest BCUT2D eigenvalue weighted by molar-refractivity contribution is 7.52. The molecule has 184 valence electrons. The van der Waals surface area contributed by atoms with Crippen LogP contribution in [-0.4, -0.2) is 88.3 Å². The summed E-state index contributed by atoms with van der Waals surface area (Å²) < 4.78 is 23.3. The molecular weight excluding hydrogens is 481 g/mol. The summed E-state index contributed by atoms with van der Waals surface area (Å²) in [6.45, 7) is 0.758. The summed E-state index contributed by atoms with van der Waals surface area (Å²) in [6.07, 6.45) is -0.458. The van der Waals surface area contributed by atoms with Gasteiger partial charge in [0, 0.05) is 6.04 Å².